The first kappa shape index (κ1) is 12.8. The van der Waals surface area contributed by atoms with Crippen LogP contribution in [0, 0.1) is 0 Å². The molecule has 1 atom stereocenters. The Balaban J connectivity index is 2.13. The van der Waals surface area contributed by atoms with Gasteiger partial charge >= 0.3 is 0 Å². The van der Waals surface area contributed by atoms with Gasteiger partial charge in [-0.1, -0.05) is 37.3 Å². The lowest BCUT2D eigenvalue weighted by Crippen LogP contribution is -2.25. The number of benzene rings is 1. The van der Waals surface area contributed by atoms with Crippen LogP contribution in [0.5, 0.6) is 0 Å². The highest BCUT2D eigenvalue weighted by Crippen LogP contribution is 2.17. The normalized spacial score (nSPS) is 12.6. The minimum Gasteiger partial charge on any atom is -0.336 e. The van der Waals surface area contributed by atoms with Crippen molar-refractivity contribution in [1.29, 1.82) is 0 Å². The molecule has 0 aliphatic heterocycles. The van der Waals surface area contributed by atoms with Crippen LogP contribution in [0.4, 0.5) is 0 Å². The lowest BCUT2D eigenvalue weighted by Gasteiger charge is -2.19. The van der Waals surface area contributed by atoms with Crippen molar-refractivity contribution in [2.75, 3.05) is 6.54 Å². The van der Waals surface area contributed by atoms with E-state index in [1.54, 1.807) is 0 Å². The second-order valence-corrected chi connectivity index (χ2v) is 4.63. The first-order valence-electron chi connectivity index (χ1n) is 6.54. The maximum Gasteiger partial charge on any atom is 0.0946 e. The first-order chi connectivity index (χ1) is 8.81. The summed E-state index contributed by atoms with van der Waals surface area (Å²) in [5, 5.41) is 3.60. The number of hydrogen-bond donors (Lipinski definition) is 1. The van der Waals surface area contributed by atoms with Crippen LogP contribution in [0.25, 0.3) is 0 Å². The fraction of sp³-hybridized carbons (Fsp3) is 0.400. The van der Waals surface area contributed by atoms with Crippen LogP contribution in [-0.4, -0.2) is 16.1 Å². The maximum atomic E-state index is 4.22. The lowest BCUT2D eigenvalue weighted by molar-refractivity contribution is 0.504. The summed E-state index contributed by atoms with van der Waals surface area (Å²) in [4.78, 5) is 4.22. The molecule has 2 rings (SSSR count). The summed E-state index contributed by atoms with van der Waals surface area (Å²) in [5.41, 5.74) is 2.60. The Morgan fingerprint density at radius 3 is 2.67 bits per heavy atom. The number of nitrogens with zero attached hydrogens (tertiary/aromatic N) is 2. The van der Waals surface area contributed by atoms with Gasteiger partial charge in [0.05, 0.1) is 18.1 Å². The van der Waals surface area contributed by atoms with Gasteiger partial charge in [-0.15, -0.1) is 0 Å². The summed E-state index contributed by atoms with van der Waals surface area (Å²) in [6, 6.07) is 10.9. The van der Waals surface area contributed by atoms with Crippen LogP contribution in [0.3, 0.4) is 0 Å². The van der Waals surface area contributed by atoms with E-state index in [9.17, 15) is 0 Å². The van der Waals surface area contributed by atoms with Gasteiger partial charge in [-0.05, 0) is 24.9 Å². The molecule has 2 aromatic rings. The van der Waals surface area contributed by atoms with Crippen LogP contribution < -0.4 is 5.32 Å². The molecule has 0 saturated carbocycles. The van der Waals surface area contributed by atoms with Crippen molar-refractivity contribution in [3.05, 3.63) is 54.1 Å². The Morgan fingerprint density at radius 1 is 1.28 bits per heavy atom. The molecule has 3 heteroatoms. The van der Waals surface area contributed by atoms with E-state index < -0.39 is 0 Å². The summed E-state index contributed by atoms with van der Waals surface area (Å²) in [5.74, 6) is 0. The van der Waals surface area contributed by atoms with E-state index in [0.717, 1.165) is 19.4 Å². The van der Waals surface area contributed by atoms with Crippen LogP contribution in [0.2, 0.25) is 0 Å². The van der Waals surface area contributed by atoms with Crippen molar-refractivity contribution < 1.29 is 0 Å². The predicted molar refractivity (Wildman–Crippen MR) is 74.4 cm³/mol. The second-order valence-electron chi connectivity index (χ2n) is 4.63. The quantitative estimate of drug-likeness (QED) is 0.845. The zero-order valence-corrected chi connectivity index (χ0v) is 11.1. The van der Waals surface area contributed by atoms with Crippen molar-refractivity contribution >= 4 is 0 Å². The summed E-state index contributed by atoms with van der Waals surface area (Å²) in [6.07, 6.45) is 5.96. The SMILES string of the molecule is CCCNC(Cc1ccccc1)c1cncn1C. The van der Waals surface area contributed by atoms with E-state index in [-0.39, 0.29) is 0 Å². The van der Waals surface area contributed by atoms with E-state index in [4.69, 9.17) is 0 Å². The molecule has 96 valence electrons. The van der Waals surface area contributed by atoms with E-state index >= 15 is 0 Å². The third-order valence-electron chi connectivity index (χ3n) is 3.13. The molecule has 1 N–H and O–H groups in total. The highest BCUT2D eigenvalue weighted by atomic mass is 15.1. The number of aryl methyl sites for hydroxylation is 1. The third-order valence-corrected chi connectivity index (χ3v) is 3.13. The summed E-state index contributed by atoms with van der Waals surface area (Å²) >= 11 is 0. The van der Waals surface area contributed by atoms with Crippen LogP contribution in [-0.2, 0) is 13.5 Å². The standard InChI is InChI=1S/C15H21N3/c1-3-9-17-14(15-11-16-12-18(15)2)10-13-7-5-4-6-8-13/h4-8,11-12,14,17H,3,9-10H2,1-2H3. The van der Waals surface area contributed by atoms with Crippen LogP contribution >= 0.6 is 0 Å². The number of aromatic nitrogens is 2. The van der Waals surface area contributed by atoms with Crippen LogP contribution in [0.1, 0.15) is 30.6 Å². The summed E-state index contributed by atoms with van der Waals surface area (Å²) in [6.45, 7) is 3.22. The smallest absolute Gasteiger partial charge is 0.0946 e. The molecule has 1 heterocycles. The van der Waals surface area contributed by atoms with E-state index in [1.807, 2.05) is 19.6 Å². The number of imidazole rings is 1. The molecule has 0 aliphatic rings. The molecule has 0 bridgehead atoms. The molecular formula is C15H21N3. The molecular weight excluding hydrogens is 222 g/mol. The largest absolute Gasteiger partial charge is 0.336 e. The Hall–Kier alpha value is -1.61. The average Bonchev–Trinajstić information content (AvgIpc) is 2.82. The number of hydrogen-bond acceptors (Lipinski definition) is 2. The van der Waals surface area contributed by atoms with E-state index in [0.29, 0.717) is 6.04 Å². The highest BCUT2D eigenvalue weighted by Gasteiger charge is 2.14. The van der Waals surface area contributed by atoms with E-state index in [2.05, 4.69) is 52.1 Å². The van der Waals surface area contributed by atoms with Crippen molar-refractivity contribution in [2.24, 2.45) is 7.05 Å². The van der Waals surface area contributed by atoms with Gasteiger partial charge in [0.1, 0.15) is 0 Å². The number of rotatable bonds is 6. The first-order valence-corrected chi connectivity index (χ1v) is 6.54. The van der Waals surface area contributed by atoms with Gasteiger partial charge in [0.2, 0.25) is 0 Å². The fourth-order valence-corrected chi connectivity index (χ4v) is 2.15. The number of nitrogens with one attached hydrogen (secondary N) is 1. The average molecular weight is 243 g/mol. The third kappa shape index (κ3) is 3.20. The molecule has 18 heavy (non-hydrogen) atoms. The van der Waals surface area contributed by atoms with Gasteiger partial charge in [0.25, 0.3) is 0 Å². The van der Waals surface area contributed by atoms with Gasteiger partial charge in [0, 0.05) is 13.2 Å². The molecule has 0 amide bonds. The molecule has 3 nitrogen and oxygen atoms in total. The summed E-state index contributed by atoms with van der Waals surface area (Å²) in [7, 11) is 2.05. The Bertz CT molecular complexity index is 462. The zero-order valence-electron chi connectivity index (χ0n) is 11.1. The van der Waals surface area contributed by atoms with Crippen molar-refractivity contribution in [2.45, 2.75) is 25.8 Å². The van der Waals surface area contributed by atoms with E-state index in [1.165, 1.54) is 11.3 Å². The Kier molecular flexibility index (Phi) is 4.53. The second kappa shape index (κ2) is 6.36. The minimum atomic E-state index is 0.333. The van der Waals surface area contributed by atoms with Crippen molar-refractivity contribution in [3.8, 4) is 0 Å². The lowest BCUT2D eigenvalue weighted by atomic mass is 10.0. The van der Waals surface area contributed by atoms with Gasteiger partial charge in [0.15, 0.2) is 0 Å². The molecule has 1 aromatic heterocycles. The Morgan fingerprint density at radius 2 is 2.06 bits per heavy atom. The zero-order chi connectivity index (χ0) is 12.8. The van der Waals surface area contributed by atoms with Gasteiger partial charge < -0.3 is 9.88 Å². The maximum absolute atomic E-state index is 4.22. The van der Waals surface area contributed by atoms with Gasteiger partial charge in [-0.3, -0.25) is 0 Å². The van der Waals surface area contributed by atoms with Gasteiger partial charge in [-0.25, -0.2) is 4.98 Å². The topological polar surface area (TPSA) is 29.9 Å². The van der Waals surface area contributed by atoms with Crippen LogP contribution in [0.15, 0.2) is 42.9 Å². The highest BCUT2D eigenvalue weighted by molar-refractivity contribution is 5.18. The molecule has 0 radical (unpaired) electrons. The molecule has 0 fully saturated rings. The Labute approximate surface area is 109 Å². The monoisotopic (exact) mass is 243 g/mol. The summed E-state index contributed by atoms with van der Waals surface area (Å²) < 4.78 is 2.09. The molecule has 0 saturated heterocycles. The fourth-order valence-electron chi connectivity index (χ4n) is 2.15. The van der Waals surface area contributed by atoms with Gasteiger partial charge in [-0.2, -0.15) is 0 Å². The molecule has 1 unspecified atom stereocenters. The minimum absolute atomic E-state index is 0.333. The van der Waals surface area contributed by atoms with Crippen molar-refractivity contribution in [3.63, 3.8) is 0 Å². The molecule has 0 aliphatic carbocycles. The van der Waals surface area contributed by atoms with Crippen molar-refractivity contribution in [1.82, 2.24) is 14.9 Å². The molecule has 0 spiro atoms. The molecule has 1 aromatic carbocycles. The predicted octanol–water partition coefficient (Wildman–Crippen LogP) is 2.70.